The number of benzene rings is 1. The zero-order valence-electron chi connectivity index (χ0n) is 14.3. The number of hydrogen-bond donors (Lipinski definition) is 0. The fourth-order valence-corrected chi connectivity index (χ4v) is 2.82. The number of rotatable bonds is 9. The van der Waals surface area contributed by atoms with Crippen LogP contribution >= 0.6 is 0 Å². The van der Waals surface area contributed by atoms with Crippen LogP contribution in [-0.4, -0.2) is 28.2 Å². The lowest BCUT2D eigenvalue weighted by Crippen LogP contribution is -2.30. The predicted octanol–water partition coefficient (Wildman–Crippen LogP) is 3.79. The molecule has 0 spiro atoms. The molecule has 0 aromatic heterocycles. The van der Waals surface area contributed by atoms with E-state index in [0.29, 0.717) is 19.1 Å². The monoisotopic (exact) mass is 328 g/mol. The van der Waals surface area contributed by atoms with Crippen LogP contribution < -0.4 is 0 Å². The maximum Gasteiger partial charge on any atom is 0.296 e. The van der Waals surface area contributed by atoms with Gasteiger partial charge in [0.1, 0.15) is 0 Å². The van der Waals surface area contributed by atoms with Crippen LogP contribution in [0.1, 0.15) is 39.7 Å². The van der Waals surface area contributed by atoms with Gasteiger partial charge in [0.25, 0.3) is 10.1 Å². The highest BCUT2D eigenvalue weighted by Crippen LogP contribution is 2.25. The summed E-state index contributed by atoms with van der Waals surface area (Å²) in [6.07, 6.45) is 0.786. The van der Waals surface area contributed by atoms with Gasteiger partial charge in [-0.2, -0.15) is 8.42 Å². The molecule has 0 bridgehead atoms. The first-order valence-electron chi connectivity index (χ1n) is 7.72. The van der Waals surface area contributed by atoms with Crippen molar-refractivity contribution in [2.75, 3.05) is 19.8 Å². The molecule has 0 fully saturated rings. The lowest BCUT2D eigenvalue weighted by molar-refractivity contribution is 0.0128. The van der Waals surface area contributed by atoms with E-state index < -0.39 is 10.1 Å². The summed E-state index contributed by atoms with van der Waals surface area (Å²) < 4.78 is 35.4. The Kier molecular flexibility index (Phi) is 7.03. The van der Waals surface area contributed by atoms with Crippen molar-refractivity contribution < 1.29 is 17.3 Å². The van der Waals surface area contributed by atoms with Crippen molar-refractivity contribution in [3.05, 3.63) is 29.8 Å². The van der Waals surface area contributed by atoms with Gasteiger partial charge in [0.15, 0.2) is 0 Å². The Labute approximate surface area is 135 Å². The van der Waals surface area contributed by atoms with Gasteiger partial charge in [0.05, 0.1) is 18.1 Å². The first kappa shape index (κ1) is 19.1. The number of ether oxygens (including phenoxy) is 1. The molecular weight excluding hydrogens is 300 g/mol. The van der Waals surface area contributed by atoms with Gasteiger partial charge in [-0.25, -0.2) is 0 Å². The van der Waals surface area contributed by atoms with Crippen LogP contribution in [0.5, 0.6) is 0 Å². The van der Waals surface area contributed by atoms with Crippen LogP contribution in [0, 0.1) is 18.3 Å². The second kappa shape index (κ2) is 8.09. The van der Waals surface area contributed by atoms with Gasteiger partial charge in [0.2, 0.25) is 0 Å². The Morgan fingerprint density at radius 2 is 1.73 bits per heavy atom. The van der Waals surface area contributed by atoms with Crippen molar-refractivity contribution in [2.24, 2.45) is 11.3 Å². The Morgan fingerprint density at radius 1 is 1.14 bits per heavy atom. The van der Waals surface area contributed by atoms with Crippen LogP contribution in [0.25, 0.3) is 0 Å². The second-order valence-corrected chi connectivity index (χ2v) is 8.22. The number of hydrogen-bond acceptors (Lipinski definition) is 4. The zero-order valence-corrected chi connectivity index (χ0v) is 15.1. The largest absolute Gasteiger partial charge is 0.381 e. The highest BCUT2D eigenvalue weighted by Gasteiger charge is 2.27. The molecule has 0 saturated carbocycles. The minimum absolute atomic E-state index is 0.123. The first-order chi connectivity index (χ1) is 10.2. The Balaban J connectivity index is 2.66. The van der Waals surface area contributed by atoms with Crippen LogP contribution in [0.15, 0.2) is 29.2 Å². The SMILES string of the molecule is CCC(C)(COCC(C)C)COS(=O)(=O)c1ccc(C)cc1. The van der Waals surface area contributed by atoms with Crippen molar-refractivity contribution in [3.8, 4) is 0 Å². The second-order valence-electron chi connectivity index (χ2n) is 6.60. The third-order valence-corrected chi connectivity index (χ3v) is 4.91. The summed E-state index contributed by atoms with van der Waals surface area (Å²) in [5.74, 6) is 0.457. The molecule has 0 aliphatic heterocycles. The third kappa shape index (κ3) is 6.07. The molecule has 0 aliphatic carbocycles. The van der Waals surface area contributed by atoms with E-state index >= 15 is 0 Å². The van der Waals surface area contributed by atoms with Crippen LogP contribution in [0.3, 0.4) is 0 Å². The Hall–Kier alpha value is -0.910. The van der Waals surface area contributed by atoms with Gasteiger partial charge in [-0.3, -0.25) is 4.18 Å². The summed E-state index contributed by atoms with van der Waals surface area (Å²) >= 11 is 0. The van der Waals surface area contributed by atoms with Crippen LogP contribution in [0.4, 0.5) is 0 Å². The minimum Gasteiger partial charge on any atom is -0.381 e. The molecule has 4 nitrogen and oxygen atoms in total. The Bertz CT molecular complexity index is 549. The minimum atomic E-state index is -3.72. The maximum atomic E-state index is 12.2. The van der Waals surface area contributed by atoms with Crippen molar-refractivity contribution >= 4 is 10.1 Å². The highest BCUT2D eigenvalue weighted by molar-refractivity contribution is 7.86. The average molecular weight is 328 g/mol. The zero-order chi connectivity index (χ0) is 16.8. The van der Waals surface area contributed by atoms with Crippen molar-refractivity contribution in [1.29, 1.82) is 0 Å². The van der Waals surface area contributed by atoms with Gasteiger partial charge in [-0.05, 0) is 31.4 Å². The molecule has 126 valence electrons. The normalized spacial score (nSPS) is 15.0. The molecular formula is C17H28O4S. The van der Waals surface area contributed by atoms with E-state index in [1.54, 1.807) is 24.3 Å². The van der Waals surface area contributed by atoms with E-state index in [9.17, 15) is 8.42 Å². The van der Waals surface area contributed by atoms with Crippen molar-refractivity contribution in [1.82, 2.24) is 0 Å². The summed E-state index contributed by atoms with van der Waals surface area (Å²) in [5.41, 5.74) is 0.701. The summed E-state index contributed by atoms with van der Waals surface area (Å²) in [6.45, 7) is 11.4. The highest BCUT2D eigenvalue weighted by atomic mass is 32.2. The van der Waals surface area contributed by atoms with E-state index in [1.807, 2.05) is 20.8 Å². The van der Waals surface area contributed by atoms with E-state index in [4.69, 9.17) is 8.92 Å². The fraction of sp³-hybridized carbons (Fsp3) is 0.647. The lowest BCUT2D eigenvalue weighted by atomic mass is 9.90. The van der Waals surface area contributed by atoms with Crippen LogP contribution in [0.2, 0.25) is 0 Å². The van der Waals surface area contributed by atoms with Crippen molar-refractivity contribution in [2.45, 2.75) is 45.9 Å². The van der Waals surface area contributed by atoms with E-state index in [-0.39, 0.29) is 16.9 Å². The molecule has 1 atom stereocenters. The molecule has 1 unspecified atom stereocenters. The predicted molar refractivity (Wildman–Crippen MR) is 88.4 cm³/mol. The molecule has 0 saturated heterocycles. The summed E-state index contributed by atoms with van der Waals surface area (Å²) in [4.78, 5) is 0.194. The smallest absolute Gasteiger partial charge is 0.296 e. The summed E-state index contributed by atoms with van der Waals surface area (Å²) in [5, 5.41) is 0. The molecule has 0 amide bonds. The van der Waals surface area contributed by atoms with Gasteiger partial charge >= 0.3 is 0 Å². The van der Waals surface area contributed by atoms with Gasteiger partial charge < -0.3 is 4.74 Å². The summed E-state index contributed by atoms with van der Waals surface area (Å²) in [7, 11) is -3.72. The molecule has 0 aliphatic rings. The molecule has 0 radical (unpaired) electrons. The van der Waals surface area contributed by atoms with E-state index in [1.165, 1.54) is 0 Å². The quantitative estimate of drug-likeness (QED) is 0.647. The molecule has 0 N–H and O–H groups in total. The van der Waals surface area contributed by atoms with E-state index in [0.717, 1.165) is 12.0 Å². The molecule has 1 aromatic rings. The summed E-state index contributed by atoms with van der Waals surface area (Å²) in [6, 6.07) is 6.68. The fourth-order valence-electron chi connectivity index (χ4n) is 1.78. The average Bonchev–Trinajstić information content (AvgIpc) is 2.45. The molecule has 1 rings (SSSR count). The van der Waals surface area contributed by atoms with Crippen molar-refractivity contribution in [3.63, 3.8) is 0 Å². The van der Waals surface area contributed by atoms with E-state index in [2.05, 4.69) is 13.8 Å². The number of aryl methyl sites for hydroxylation is 1. The molecule has 22 heavy (non-hydrogen) atoms. The molecule has 1 aromatic carbocycles. The molecule has 0 heterocycles. The lowest BCUT2D eigenvalue weighted by Gasteiger charge is -2.27. The first-order valence-corrected chi connectivity index (χ1v) is 9.13. The third-order valence-electron chi connectivity index (χ3n) is 3.63. The van der Waals surface area contributed by atoms with Gasteiger partial charge in [-0.15, -0.1) is 0 Å². The standard InChI is InChI=1S/C17H28O4S/c1-6-17(5,12-20-11-14(2)3)13-21-22(18,19)16-9-7-15(4)8-10-16/h7-10,14H,6,11-13H2,1-5H3. The topological polar surface area (TPSA) is 52.6 Å². The van der Waals surface area contributed by atoms with Gasteiger partial charge in [0, 0.05) is 12.0 Å². The Morgan fingerprint density at radius 3 is 2.23 bits per heavy atom. The molecule has 5 heteroatoms. The van der Waals surface area contributed by atoms with Gasteiger partial charge in [-0.1, -0.05) is 45.4 Å². The van der Waals surface area contributed by atoms with Crippen LogP contribution in [-0.2, 0) is 19.0 Å². The maximum absolute atomic E-state index is 12.2.